The minimum atomic E-state index is -2.39. The third-order valence-electron chi connectivity index (χ3n) is 15.9. The minimum Gasteiger partial charge on any atom is -0.467 e. The van der Waals surface area contributed by atoms with E-state index >= 15 is 0 Å². The molecule has 2 saturated heterocycles. The summed E-state index contributed by atoms with van der Waals surface area (Å²) in [7, 11) is -4.72. The molecular formula is C48H88Cl2N2O9Si3. The molecule has 0 unspecified atom stereocenters. The monoisotopic (exact) mass is 991 g/mol. The summed E-state index contributed by atoms with van der Waals surface area (Å²) in [5.41, 5.74) is -4.17. The molecule has 4 aliphatic rings. The zero-order chi connectivity index (χ0) is 48.9. The molecule has 16 heteroatoms. The van der Waals surface area contributed by atoms with E-state index in [0.29, 0.717) is 17.9 Å². The standard InChI is InChI=1S/C26H50ClNO5Si2.C22H38ClNO4Si/c1-24(2,3)35(8,9)33-21(19-13-11-10-12-14-19)26(23(30)32-17-18-34(5,6)7)25(4,31)20(15-16-27)22(29)28-26;1-15-17(13-14-23)19(25)24-22(15,20(26)27-5)18(16-11-9-8-10-12-16)28-29(6,7)21(2,3)4/h19-21,31H,10-18H2,1-9H3,(H,28,29);16-18H,1,8-14H2,2-7H3,(H,24,25)/t20-,21-,25-,26-;17-,18+,22+/m01/s1. The molecule has 0 aromatic heterocycles. The first-order valence-electron chi connectivity index (χ1n) is 24.1. The lowest BCUT2D eigenvalue weighted by Gasteiger charge is -2.51. The number of ether oxygens (including phenoxy) is 2. The highest BCUT2D eigenvalue weighted by Gasteiger charge is 2.71. The van der Waals surface area contributed by atoms with Crippen LogP contribution in [0.2, 0.25) is 61.9 Å². The number of hydrogen-bond acceptors (Lipinski definition) is 9. The molecule has 0 aromatic rings. The number of alkyl halides is 2. The number of carbonyl (C=O) groups is 4. The highest BCUT2D eigenvalue weighted by molar-refractivity contribution is 6.76. The molecular weight excluding hydrogens is 904 g/mol. The van der Waals surface area contributed by atoms with Crippen LogP contribution in [0.1, 0.15) is 126 Å². The second-order valence-corrected chi connectivity index (χ2v) is 39.5. The van der Waals surface area contributed by atoms with Gasteiger partial charge in [-0.2, -0.15) is 0 Å². The van der Waals surface area contributed by atoms with E-state index in [0.717, 1.165) is 63.8 Å². The first-order chi connectivity index (χ1) is 29.3. The Balaban J connectivity index is 0.000000346. The van der Waals surface area contributed by atoms with Crippen molar-refractivity contribution in [3.05, 3.63) is 12.2 Å². The lowest BCUT2D eigenvalue weighted by molar-refractivity contribution is -0.176. The van der Waals surface area contributed by atoms with Crippen molar-refractivity contribution in [1.82, 2.24) is 10.6 Å². The van der Waals surface area contributed by atoms with Gasteiger partial charge in [-0.3, -0.25) is 9.59 Å². The van der Waals surface area contributed by atoms with Crippen LogP contribution in [0.5, 0.6) is 0 Å². The van der Waals surface area contributed by atoms with Gasteiger partial charge in [-0.1, -0.05) is 106 Å². The average molecular weight is 992 g/mol. The quantitative estimate of drug-likeness (QED) is 0.0560. The average Bonchev–Trinajstić information content (AvgIpc) is 3.56. The largest absolute Gasteiger partial charge is 0.467 e. The van der Waals surface area contributed by atoms with E-state index in [-0.39, 0.29) is 52.6 Å². The molecule has 0 radical (unpaired) electrons. The fourth-order valence-electron chi connectivity index (χ4n) is 9.62. The van der Waals surface area contributed by atoms with Crippen molar-refractivity contribution in [3.8, 4) is 0 Å². The van der Waals surface area contributed by atoms with Crippen LogP contribution >= 0.6 is 23.2 Å². The molecule has 3 N–H and O–H groups in total. The normalized spacial score (nSPS) is 28.8. The van der Waals surface area contributed by atoms with Crippen LogP contribution in [0.15, 0.2) is 12.2 Å². The van der Waals surface area contributed by atoms with Crippen LogP contribution in [0.4, 0.5) is 0 Å². The molecule has 2 amide bonds. The third-order valence-corrected chi connectivity index (χ3v) is 26.9. The molecule has 2 heterocycles. The number of hydrogen-bond donors (Lipinski definition) is 3. The number of carbonyl (C=O) groups excluding carboxylic acids is 4. The Morgan fingerprint density at radius 2 is 1.20 bits per heavy atom. The summed E-state index contributed by atoms with van der Waals surface area (Å²) >= 11 is 12.0. The topological polar surface area (TPSA) is 149 Å². The van der Waals surface area contributed by atoms with Crippen molar-refractivity contribution < 1.29 is 42.6 Å². The maximum Gasteiger partial charge on any atom is 0.338 e. The maximum atomic E-state index is 14.1. The van der Waals surface area contributed by atoms with Crippen molar-refractivity contribution in [3.63, 3.8) is 0 Å². The fourth-order valence-corrected chi connectivity index (χ4v) is 13.5. The van der Waals surface area contributed by atoms with Crippen molar-refractivity contribution in [2.75, 3.05) is 25.5 Å². The van der Waals surface area contributed by atoms with Crippen LogP contribution in [-0.2, 0) is 37.5 Å². The van der Waals surface area contributed by atoms with Crippen LogP contribution in [0.3, 0.4) is 0 Å². The number of nitrogens with one attached hydrogen (secondary N) is 2. The molecule has 11 nitrogen and oxygen atoms in total. The highest BCUT2D eigenvalue weighted by atomic mass is 35.5. The lowest BCUT2D eigenvalue weighted by Crippen LogP contribution is -2.73. The number of aliphatic hydroxyl groups is 1. The Labute approximate surface area is 400 Å². The molecule has 4 fully saturated rings. The minimum absolute atomic E-state index is 0.0310. The number of halogens is 2. The summed E-state index contributed by atoms with van der Waals surface area (Å²) in [6, 6.07) is 0.813. The first kappa shape index (κ1) is 57.1. The Morgan fingerprint density at radius 1 is 0.750 bits per heavy atom. The van der Waals surface area contributed by atoms with Gasteiger partial charge in [0.25, 0.3) is 0 Å². The number of rotatable bonds is 17. The van der Waals surface area contributed by atoms with Crippen molar-refractivity contribution in [2.45, 2.75) is 216 Å². The van der Waals surface area contributed by atoms with E-state index in [1.54, 1.807) is 6.92 Å². The lowest BCUT2D eigenvalue weighted by atomic mass is 9.67. The zero-order valence-electron chi connectivity index (χ0n) is 42.5. The van der Waals surface area contributed by atoms with Crippen molar-refractivity contribution in [2.24, 2.45) is 23.7 Å². The van der Waals surface area contributed by atoms with Gasteiger partial charge in [0.05, 0.1) is 37.8 Å². The predicted octanol–water partition coefficient (Wildman–Crippen LogP) is 10.5. The Hall–Kier alpha value is -1.27. The Morgan fingerprint density at radius 3 is 1.62 bits per heavy atom. The van der Waals surface area contributed by atoms with Crippen LogP contribution in [-0.4, -0.2) is 108 Å². The molecule has 2 saturated carbocycles. The summed E-state index contributed by atoms with van der Waals surface area (Å²) in [6.07, 6.45) is 9.96. The molecule has 2 aliphatic carbocycles. The van der Waals surface area contributed by atoms with Gasteiger partial charge in [-0.05, 0) is 105 Å². The second kappa shape index (κ2) is 22.0. The smallest absolute Gasteiger partial charge is 0.338 e. The van der Waals surface area contributed by atoms with E-state index < -0.39 is 77.4 Å². The van der Waals surface area contributed by atoms with Gasteiger partial charge in [0, 0.05) is 19.8 Å². The third kappa shape index (κ3) is 12.3. The van der Waals surface area contributed by atoms with E-state index in [1.165, 1.54) is 13.5 Å². The first-order valence-corrected chi connectivity index (χ1v) is 34.7. The van der Waals surface area contributed by atoms with Gasteiger partial charge in [0.1, 0.15) is 5.60 Å². The van der Waals surface area contributed by atoms with Gasteiger partial charge in [0.15, 0.2) is 27.7 Å². The Bertz CT molecular complexity index is 1630. The van der Waals surface area contributed by atoms with E-state index in [9.17, 15) is 24.3 Å². The van der Waals surface area contributed by atoms with Gasteiger partial charge >= 0.3 is 11.9 Å². The zero-order valence-corrected chi connectivity index (χ0v) is 47.0. The van der Waals surface area contributed by atoms with E-state index in [4.69, 9.17) is 41.5 Å². The molecule has 2 aliphatic heterocycles. The van der Waals surface area contributed by atoms with Crippen molar-refractivity contribution >= 4 is 71.7 Å². The van der Waals surface area contributed by atoms with Crippen LogP contribution < -0.4 is 10.6 Å². The van der Waals surface area contributed by atoms with Gasteiger partial charge in [-0.15, -0.1) is 23.2 Å². The second-order valence-electron chi connectivity index (χ2n) is 23.7. The fraction of sp³-hybridized carbons (Fsp3) is 0.875. The van der Waals surface area contributed by atoms with Crippen LogP contribution in [0.25, 0.3) is 0 Å². The van der Waals surface area contributed by atoms with Crippen LogP contribution in [0, 0.1) is 23.7 Å². The molecule has 64 heavy (non-hydrogen) atoms. The molecule has 0 aromatic carbocycles. The molecule has 4 rings (SSSR count). The van der Waals surface area contributed by atoms with Gasteiger partial charge < -0.3 is 34.1 Å². The van der Waals surface area contributed by atoms with Crippen molar-refractivity contribution in [1.29, 1.82) is 0 Å². The van der Waals surface area contributed by atoms with E-state index in [2.05, 4.69) is 105 Å². The summed E-state index contributed by atoms with van der Waals surface area (Å²) in [6.45, 7) is 34.5. The maximum absolute atomic E-state index is 14.1. The SMILES string of the molecule is C=C1[C@@H](CCCl)C(=O)N[C@]1(C(=O)OC)[C@@H](O[Si](C)(C)C(C)(C)C)C1CCCCC1.CC(C)(C)[Si](C)(C)O[C@@H](C1CCCCC1)[C@@]1(C(=O)OCC[Si](C)(C)C)NC(=O)[C@H](CCCl)[C@]1(C)O. The predicted molar refractivity (Wildman–Crippen MR) is 268 cm³/mol. The summed E-state index contributed by atoms with van der Waals surface area (Å²) in [5, 5.41) is 18.0. The molecule has 0 spiro atoms. The molecule has 0 bridgehead atoms. The molecule has 370 valence electrons. The molecule has 7 atom stereocenters. The number of amides is 2. The van der Waals surface area contributed by atoms with E-state index in [1.807, 2.05) is 0 Å². The highest BCUT2D eigenvalue weighted by Crippen LogP contribution is 2.51. The number of methoxy groups -OCH3 is 1. The van der Waals surface area contributed by atoms with Gasteiger partial charge in [-0.25, -0.2) is 9.59 Å². The summed E-state index contributed by atoms with van der Waals surface area (Å²) in [5.74, 6) is -2.16. The van der Waals surface area contributed by atoms with Gasteiger partial charge in [0.2, 0.25) is 11.8 Å². The summed E-state index contributed by atoms with van der Waals surface area (Å²) in [4.78, 5) is 53.6. The summed E-state index contributed by atoms with van der Waals surface area (Å²) < 4.78 is 25.1. The Kier molecular flexibility index (Phi) is 19.6. The number of esters is 2.